The van der Waals surface area contributed by atoms with Crippen LogP contribution in [0.15, 0.2) is 24.4 Å². The van der Waals surface area contributed by atoms with Gasteiger partial charge in [-0.1, -0.05) is 19.9 Å². The predicted molar refractivity (Wildman–Crippen MR) is 55.5 cm³/mol. The van der Waals surface area contributed by atoms with Gasteiger partial charge in [0.1, 0.15) is 0 Å². The Morgan fingerprint density at radius 3 is 2.93 bits per heavy atom. The fraction of sp³-hybridized carbons (Fsp3) is 0.455. The third kappa shape index (κ3) is 3.17. The summed E-state index contributed by atoms with van der Waals surface area (Å²) in [6, 6.07) is 5.68. The van der Waals surface area contributed by atoms with Crippen LogP contribution < -0.4 is 5.32 Å². The highest BCUT2D eigenvalue weighted by Gasteiger charge is 2.09. The van der Waals surface area contributed by atoms with Gasteiger partial charge in [-0.2, -0.15) is 0 Å². The number of carbonyl (C=O) groups is 1. The van der Waals surface area contributed by atoms with Gasteiger partial charge in [-0.25, -0.2) is 0 Å². The first-order valence-corrected chi connectivity index (χ1v) is 4.91. The Hall–Kier alpha value is -1.38. The first-order chi connectivity index (χ1) is 6.74. The Morgan fingerprint density at radius 1 is 1.57 bits per heavy atom. The van der Waals surface area contributed by atoms with Gasteiger partial charge < -0.3 is 5.32 Å². The maximum Gasteiger partial charge on any atom is 0.223 e. The highest BCUT2D eigenvalue weighted by molar-refractivity contribution is 5.78. The maximum atomic E-state index is 11.4. The fourth-order valence-corrected chi connectivity index (χ4v) is 1.04. The van der Waals surface area contributed by atoms with Crippen molar-refractivity contribution in [3.8, 4) is 0 Å². The summed E-state index contributed by atoms with van der Waals surface area (Å²) in [6.45, 7) is 4.45. The van der Waals surface area contributed by atoms with Crippen molar-refractivity contribution in [2.24, 2.45) is 5.92 Å². The van der Waals surface area contributed by atoms with Crippen LogP contribution in [0.25, 0.3) is 0 Å². The van der Waals surface area contributed by atoms with Crippen molar-refractivity contribution in [3.63, 3.8) is 0 Å². The quantitative estimate of drug-likeness (QED) is 0.789. The lowest BCUT2D eigenvalue weighted by atomic mass is 10.1. The minimum Gasteiger partial charge on any atom is -0.350 e. The van der Waals surface area contributed by atoms with Crippen molar-refractivity contribution in [2.45, 2.75) is 26.8 Å². The molecule has 0 saturated carbocycles. The van der Waals surface area contributed by atoms with E-state index in [2.05, 4.69) is 10.3 Å². The van der Waals surface area contributed by atoms with Crippen molar-refractivity contribution in [3.05, 3.63) is 30.1 Å². The molecule has 3 nitrogen and oxygen atoms in total. The second-order valence-electron chi connectivity index (χ2n) is 3.35. The van der Waals surface area contributed by atoms with Gasteiger partial charge in [0.15, 0.2) is 0 Å². The van der Waals surface area contributed by atoms with Crippen LogP contribution in [0, 0.1) is 5.92 Å². The zero-order chi connectivity index (χ0) is 10.4. The molecule has 0 radical (unpaired) electrons. The van der Waals surface area contributed by atoms with Crippen LogP contribution in [0.3, 0.4) is 0 Å². The number of pyridine rings is 1. The van der Waals surface area contributed by atoms with Gasteiger partial charge in [-0.15, -0.1) is 0 Å². The Morgan fingerprint density at radius 2 is 2.36 bits per heavy atom. The first kappa shape index (κ1) is 10.7. The minimum atomic E-state index is 0.0821. The molecule has 1 N–H and O–H groups in total. The van der Waals surface area contributed by atoms with Gasteiger partial charge >= 0.3 is 0 Å². The highest BCUT2D eigenvalue weighted by Crippen LogP contribution is 2.00. The van der Waals surface area contributed by atoms with E-state index in [-0.39, 0.29) is 11.8 Å². The zero-order valence-electron chi connectivity index (χ0n) is 8.66. The van der Waals surface area contributed by atoms with Crippen LogP contribution in [0.2, 0.25) is 0 Å². The third-order valence-corrected chi connectivity index (χ3v) is 2.23. The fourth-order valence-electron chi connectivity index (χ4n) is 1.04. The van der Waals surface area contributed by atoms with Crippen molar-refractivity contribution in [2.75, 3.05) is 0 Å². The summed E-state index contributed by atoms with van der Waals surface area (Å²) in [5.41, 5.74) is 0.893. The summed E-state index contributed by atoms with van der Waals surface area (Å²) in [7, 11) is 0. The number of rotatable bonds is 4. The van der Waals surface area contributed by atoms with Crippen LogP contribution in [0.1, 0.15) is 26.0 Å². The first-order valence-electron chi connectivity index (χ1n) is 4.91. The lowest BCUT2D eigenvalue weighted by Crippen LogP contribution is -2.28. The molecule has 0 aromatic carbocycles. The lowest BCUT2D eigenvalue weighted by molar-refractivity contribution is -0.124. The normalized spacial score (nSPS) is 12.1. The molecule has 0 saturated heterocycles. The number of amides is 1. The number of hydrogen-bond donors (Lipinski definition) is 1. The standard InChI is InChI=1S/C11H16N2O/c1-3-9(2)11(14)13-8-10-6-4-5-7-12-10/h4-7,9H,3,8H2,1-2H3,(H,13,14)/t9-/m1/s1. The van der Waals surface area contributed by atoms with Gasteiger partial charge in [0.05, 0.1) is 12.2 Å². The van der Waals surface area contributed by atoms with Crippen LogP contribution in [0.5, 0.6) is 0 Å². The van der Waals surface area contributed by atoms with E-state index in [1.165, 1.54) is 0 Å². The van der Waals surface area contributed by atoms with Gasteiger partial charge in [-0.05, 0) is 18.6 Å². The van der Waals surface area contributed by atoms with E-state index in [1.54, 1.807) is 6.20 Å². The number of nitrogens with one attached hydrogen (secondary N) is 1. The number of hydrogen-bond acceptors (Lipinski definition) is 2. The molecule has 0 fully saturated rings. The number of aromatic nitrogens is 1. The van der Waals surface area contributed by atoms with E-state index < -0.39 is 0 Å². The average Bonchev–Trinajstić information content (AvgIpc) is 2.26. The number of carbonyl (C=O) groups excluding carboxylic acids is 1. The van der Waals surface area contributed by atoms with Crippen LogP contribution >= 0.6 is 0 Å². The van der Waals surface area contributed by atoms with E-state index in [9.17, 15) is 4.79 Å². The van der Waals surface area contributed by atoms with Crippen molar-refractivity contribution in [1.82, 2.24) is 10.3 Å². The molecule has 1 rings (SSSR count). The second kappa shape index (κ2) is 5.37. The van der Waals surface area contributed by atoms with Crippen molar-refractivity contribution < 1.29 is 4.79 Å². The molecule has 14 heavy (non-hydrogen) atoms. The lowest BCUT2D eigenvalue weighted by Gasteiger charge is -2.08. The molecule has 0 spiro atoms. The Bertz CT molecular complexity index is 285. The Labute approximate surface area is 84.6 Å². The van der Waals surface area contributed by atoms with Crippen molar-refractivity contribution in [1.29, 1.82) is 0 Å². The van der Waals surface area contributed by atoms with Crippen LogP contribution in [-0.2, 0) is 11.3 Å². The molecule has 0 aliphatic carbocycles. The summed E-state index contributed by atoms with van der Waals surface area (Å²) >= 11 is 0. The minimum absolute atomic E-state index is 0.0821. The average molecular weight is 192 g/mol. The predicted octanol–water partition coefficient (Wildman–Crippen LogP) is 1.74. The summed E-state index contributed by atoms with van der Waals surface area (Å²) < 4.78 is 0. The van der Waals surface area contributed by atoms with Crippen molar-refractivity contribution >= 4 is 5.91 Å². The van der Waals surface area contributed by atoms with Gasteiger partial charge in [0.25, 0.3) is 0 Å². The van der Waals surface area contributed by atoms with Crippen LogP contribution in [0.4, 0.5) is 0 Å². The summed E-state index contributed by atoms with van der Waals surface area (Å²) in [6.07, 6.45) is 2.60. The molecule has 0 bridgehead atoms. The smallest absolute Gasteiger partial charge is 0.223 e. The monoisotopic (exact) mass is 192 g/mol. The van der Waals surface area contributed by atoms with Crippen LogP contribution in [-0.4, -0.2) is 10.9 Å². The third-order valence-electron chi connectivity index (χ3n) is 2.23. The van der Waals surface area contributed by atoms with E-state index in [0.29, 0.717) is 6.54 Å². The largest absolute Gasteiger partial charge is 0.350 e. The molecule has 0 aliphatic heterocycles. The molecular formula is C11H16N2O. The summed E-state index contributed by atoms with van der Waals surface area (Å²) in [5, 5.41) is 2.85. The molecule has 0 aliphatic rings. The van der Waals surface area contributed by atoms with E-state index in [0.717, 1.165) is 12.1 Å². The molecule has 1 aromatic heterocycles. The Kier molecular flexibility index (Phi) is 4.11. The van der Waals surface area contributed by atoms with E-state index in [4.69, 9.17) is 0 Å². The SMILES string of the molecule is CC[C@@H](C)C(=O)NCc1ccccn1. The highest BCUT2D eigenvalue weighted by atomic mass is 16.1. The maximum absolute atomic E-state index is 11.4. The second-order valence-corrected chi connectivity index (χ2v) is 3.35. The van der Waals surface area contributed by atoms with Gasteiger partial charge in [-0.3, -0.25) is 9.78 Å². The summed E-state index contributed by atoms with van der Waals surface area (Å²) in [5.74, 6) is 0.178. The molecule has 1 atom stereocenters. The Balaban J connectivity index is 2.38. The van der Waals surface area contributed by atoms with E-state index in [1.807, 2.05) is 32.0 Å². The molecule has 0 unspecified atom stereocenters. The molecule has 1 amide bonds. The summed E-state index contributed by atoms with van der Waals surface area (Å²) in [4.78, 5) is 15.5. The molecule has 76 valence electrons. The molecule has 3 heteroatoms. The topological polar surface area (TPSA) is 42.0 Å². The van der Waals surface area contributed by atoms with E-state index >= 15 is 0 Å². The molecular weight excluding hydrogens is 176 g/mol. The van der Waals surface area contributed by atoms with Gasteiger partial charge in [0.2, 0.25) is 5.91 Å². The van der Waals surface area contributed by atoms with Gasteiger partial charge in [0, 0.05) is 12.1 Å². The number of nitrogens with zero attached hydrogens (tertiary/aromatic N) is 1. The zero-order valence-corrected chi connectivity index (χ0v) is 8.66. The molecule has 1 heterocycles. The molecule has 1 aromatic rings.